The first-order valence-corrected chi connectivity index (χ1v) is 10.9. The van der Waals surface area contributed by atoms with Crippen molar-refractivity contribution in [3.05, 3.63) is 65.6 Å². The second kappa shape index (κ2) is 10.6. The van der Waals surface area contributed by atoms with Gasteiger partial charge in [0.2, 0.25) is 5.95 Å². The van der Waals surface area contributed by atoms with E-state index in [1.165, 1.54) is 7.11 Å². The van der Waals surface area contributed by atoms with E-state index in [-0.39, 0.29) is 17.7 Å². The van der Waals surface area contributed by atoms with E-state index < -0.39 is 0 Å². The zero-order chi connectivity index (χ0) is 24.8. The molecule has 35 heavy (non-hydrogen) atoms. The molecule has 0 aliphatic carbocycles. The van der Waals surface area contributed by atoms with Crippen LogP contribution in [0.5, 0.6) is 5.75 Å². The molecule has 11 heteroatoms. The third-order valence-corrected chi connectivity index (χ3v) is 5.54. The van der Waals surface area contributed by atoms with Gasteiger partial charge in [-0.05, 0) is 36.8 Å². The number of benzene rings is 1. The van der Waals surface area contributed by atoms with Crippen LogP contribution in [0.2, 0.25) is 0 Å². The molecule has 178 valence electrons. The van der Waals surface area contributed by atoms with Crippen LogP contribution in [0.15, 0.2) is 53.8 Å². The number of nitrogens with one attached hydrogen (secondary N) is 2. The Hall–Kier alpha value is -4.56. The summed E-state index contributed by atoms with van der Waals surface area (Å²) in [5.74, 6) is 1.19. The number of methoxy groups -OCH3 is 1. The number of hydrogen-bond acceptors (Lipinski definition) is 11. The normalized spacial score (nSPS) is 15.5. The third kappa shape index (κ3) is 5.34. The maximum absolute atomic E-state index is 9.78. The Kier molecular flexibility index (Phi) is 7.13. The maximum atomic E-state index is 9.78. The van der Waals surface area contributed by atoms with Gasteiger partial charge in [0.05, 0.1) is 42.4 Å². The van der Waals surface area contributed by atoms with E-state index >= 15 is 0 Å². The number of aliphatic hydroxyl groups is 1. The van der Waals surface area contributed by atoms with Gasteiger partial charge in [-0.3, -0.25) is 0 Å². The van der Waals surface area contributed by atoms with E-state index in [2.05, 4.69) is 36.4 Å². The van der Waals surface area contributed by atoms with Gasteiger partial charge in [0.25, 0.3) is 0 Å². The molecule has 11 nitrogen and oxygen atoms in total. The monoisotopic (exact) mass is 471 g/mol. The van der Waals surface area contributed by atoms with Crippen LogP contribution in [0, 0.1) is 16.9 Å². The van der Waals surface area contributed by atoms with Gasteiger partial charge in [0.1, 0.15) is 23.3 Å². The van der Waals surface area contributed by atoms with E-state index in [1.807, 2.05) is 18.2 Å². The largest absolute Gasteiger partial charge is 0.495 e. The van der Waals surface area contributed by atoms with Crippen molar-refractivity contribution in [1.82, 2.24) is 20.3 Å². The number of hydrogen-bond donors (Lipinski definition) is 4. The number of aliphatic hydroxyl groups excluding tert-OH is 1. The zero-order valence-electron chi connectivity index (χ0n) is 19.1. The average molecular weight is 472 g/mol. The molecule has 1 aliphatic rings. The van der Waals surface area contributed by atoms with Gasteiger partial charge in [-0.25, -0.2) is 20.5 Å². The highest BCUT2D eigenvalue weighted by molar-refractivity contribution is 5.74. The summed E-state index contributed by atoms with van der Waals surface area (Å²) in [7, 11) is 1.48. The van der Waals surface area contributed by atoms with Crippen molar-refractivity contribution in [3.63, 3.8) is 0 Å². The molecule has 3 heterocycles. The molecule has 0 saturated carbocycles. The molecule has 3 aromatic rings. The predicted molar refractivity (Wildman–Crippen MR) is 130 cm³/mol. The van der Waals surface area contributed by atoms with Crippen molar-refractivity contribution >= 4 is 17.5 Å². The van der Waals surface area contributed by atoms with E-state index in [0.717, 1.165) is 24.5 Å². The van der Waals surface area contributed by atoms with Crippen LogP contribution in [0.4, 0.5) is 11.8 Å². The number of nitrogens with zero attached hydrogens (tertiary/aromatic N) is 6. The number of nitrogens with two attached hydrogens (primary N) is 1. The van der Waals surface area contributed by atoms with Crippen LogP contribution in [0.3, 0.4) is 0 Å². The first kappa shape index (κ1) is 23.6. The number of para-hydroxylation sites is 1. The van der Waals surface area contributed by atoms with E-state index in [9.17, 15) is 10.4 Å². The highest BCUT2D eigenvalue weighted by Gasteiger charge is 2.21. The Morgan fingerprint density at radius 2 is 2.17 bits per heavy atom. The molecule has 0 radical (unpaired) electrons. The first-order valence-electron chi connectivity index (χ1n) is 10.9. The van der Waals surface area contributed by atoms with Crippen molar-refractivity contribution in [3.8, 4) is 23.1 Å². The summed E-state index contributed by atoms with van der Waals surface area (Å²) in [5.41, 5.74) is 16.3. The number of nitrogen functional groups attached to an aromatic ring is 1. The summed E-state index contributed by atoms with van der Waals surface area (Å²) < 4.78 is 5.42. The second-order valence-electron chi connectivity index (χ2n) is 7.89. The first-order chi connectivity index (χ1) is 17.0. The van der Waals surface area contributed by atoms with Crippen LogP contribution in [0.25, 0.3) is 17.0 Å². The van der Waals surface area contributed by atoms with Crippen LogP contribution in [-0.2, 0) is 6.54 Å². The molecular formula is C24H25N9O2. The van der Waals surface area contributed by atoms with Crippen molar-refractivity contribution in [2.45, 2.75) is 19.1 Å². The molecule has 1 atom stereocenters. The van der Waals surface area contributed by atoms with Gasteiger partial charge < -0.3 is 25.8 Å². The second-order valence-corrected chi connectivity index (χ2v) is 7.89. The highest BCUT2D eigenvalue weighted by atomic mass is 16.5. The number of nitriles is 1. The Balaban J connectivity index is 1.55. The molecule has 1 aliphatic heterocycles. The highest BCUT2D eigenvalue weighted by Crippen LogP contribution is 2.33. The lowest BCUT2D eigenvalue weighted by Crippen LogP contribution is -2.22. The number of anilines is 2. The lowest BCUT2D eigenvalue weighted by Gasteiger charge is -2.17. The maximum Gasteiger partial charge on any atom is 0.221 e. The standard InChI is InChI=1S/C24H25N9O2/c1-35-23-15(11-25)4-2-6-18(23)19-10-20(31-24(26)30-19)21(32-27)13-28-12-16-5-3-7-22(29-16)33-9-8-17(34)14-33/h2-7,10,13,17,27-28,34H,8-9,12,14H2,1H3,(H2,26,30,31)/b21-13-,32-27?. The van der Waals surface area contributed by atoms with Gasteiger partial charge in [-0.2, -0.15) is 10.4 Å². The fraction of sp³-hybridized carbons (Fsp3) is 0.250. The van der Waals surface area contributed by atoms with Gasteiger partial charge >= 0.3 is 0 Å². The average Bonchev–Trinajstić information content (AvgIpc) is 3.32. The minimum Gasteiger partial charge on any atom is -0.495 e. The van der Waals surface area contributed by atoms with Crippen molar-refractivity contribution < 1.29 is 9.84 Å². The molecule has 0 bridgehead atoms. The number of rotatable bonds is 8. The Morgan fingerprint density at radius 1 is 1.34 bits per heavy atom. The molecule has 2 aromatic heterocycles. The third-order valence-electron chi connectivity index (χ3n) is 5.54. The lowest BCUT2D eigenvalue weighted by molar-refractivity contribution is 0.198. The number of β-amino-alcohol motifs (C(OH)–C–C–N with tert-alkyl or cyclic N) is 1. The topological polar surface area (TPSA) is 169 Å². The number of aromatic nitrogens is 3. The fourth-order valence-electron chi connectivity index (χ4n) is 3.89. The number of ether oxygens (including phenoxy) is 1. The molecule has 0 spiro atoms. The van der Waals surface area contributed by atoms with E-state index in [0.29, 0.717) is 41.4 Å². The summed E-state index contributed by atoms with van der Waals surface area (Å²) in [6.45, 7) is 1.74. The number of pyridine rings is 1. The summed E-state index contributed by atoms with van der Waals surface area (Å²) >= 11 is 0. The van der Waals surface area contributed by atoms with Crippen LogP contribution < -0.4 is 20.7 Å². The molecule has 5 N–H and O–H groups in total. The van der Waals surface area contributed by atoms with Crippen molar-refractivity contribution in [2.24, 2.45) is 5.11 Å². The SMILES string of the molecule is COc1c(C#N)cccc1-c1cc(/C(=C/NCc2cccc(N3CCC(O)C3)n2)N=N)nc(N)n1. The smallest absolute Gasteiger partial charge is 0.221 e. The summed E-state index contributed by atoms with van der Waals surface area (Å²) in [5, 5.41) is 25.9. The molecule has 1 fully saturated rings. The predicted octanol–water partition coefficient (Wildman–Crippen LogP) is 2.69. The summed E-state index contributed by atoms with van der Waals surface area (Å²) in [4.78, 5) is 15.2. The quantitative estimate of drug-likeness (QED) is 0.361. The summed E-state index contributed by atoms with van der Waals surface area (Å²) in [6, 6.07) is 14.6. The zero-order valence-corrected chi connectivity index (χ0v) is 19.1. The van der Waals surface area contributed by atoms with Crippen molar-refractivity contribution in [1.29, 1.82) is 10.8 Å². The van der Waals surface area contributed by atoms with Crippen LogP contribution >= 0.6 is 0 Å². The minimum absolute atomic E-state index is 0.00127. The molecule has 1 unspecified atom stereocenters. The molecule has 0 amide bonds. The van der Waals surface area contributed by atoms with Gasteiger partial charge in [0.15, 0.2) is 0 Å². The van der Waals surface area contributed by atoms with Gasteiger partial charge in [-0.15, -0.1) is 0 Å². The van der Waals surface area contributed by atoms with E-state index in [1.54, 1.807) is 30.5 Å². The van der Waals surface area contributed by atoms with Crippen LogP contribution in [-0.4, -0.2) is 46.4 Å². The van der Waals surface area contributed by atoms with E-state index in [4.69, 9.17) is 16.0 Å². The summed E-state index contributed by atoms with van der Waals surface area (Å²) in [6.07, 6.45) is 1.98. The minimum atomic E-state index is -0.324. The fourth-order valence-corrected chi connectivity index (χ4v) is 3.89. The van der Waals surface area contributed by atoms with Gasteiger partial charge in [0, 0.05) is 24.9 Å². The lowest BCUT2D eigenvalue weighted by atomic mass is 10.1. The van der Waals surface area contributed by atoms with Crippen molar-refractivity contribution in [2.75, 3.05) is 30.8 Å². The Bertz CT molecular complexity index is 1300. The Morgan fingerprint density at radius 3 is 2.89 bits per heavy atom. The van der Waals surface area contributed by atoms with Gasteiger partial charge in [-0.1, -0.05) is 12.1 Å². The van der Waals surface area contributed by atoms with Crippen LogP contribution in [0.1, 0.15) is 23.4 Å². The molecule has 4 rings (SSSR count). The Labute approximate surface area is 202 Å². The molecule has 1 saturated heterocycles. The molecular weight excluding hydrogens is 446 g/mol. The molecule has 1 aromatic carbocycles.